The van der Waals surface area contributed by atoms with Crippen LogP contribution in [0.2, 0.25) is 0 Å². The van der Waals surface area contributed by atoms with Gasteiger partial charge in [0.2, 0.25) is 0 Å². The molecule has 0 amide bonds. The number of halogens is 2. The van der Waals surface area contributed by atoms with Crippen LogP contribution < -0.4 is 10.6 Å². The summed E-state index contributed by atoms with van der Waals surface area (Å²) in [4.78, 5) is 0. The number of hydrogen-bond acceptors (Lipinski definition) is 0. The van der Waals surface area contributed by atoms with Crippen molar-refractivity contribution in [2.24, 2.45) is 0 Å². The Morgan fingerprint density at radius 3 is 0.944 bits per heavy atom. The molecule has 2 unspecified atom stereocenters. The lowest BCUT2D eigenvalue weighted by atomic mass is 10.2. The zero-order valence-electron chi connectivity index (χ0n) is 10.6. The molecule has 0 aliphatic rings. The first-order chi connectivity index (χ1) is 7.58. The Bertz CT molecular complexity index is 339. The molecule has 0 saturated heterocycles. The van der Waals surface area contributed by atoms with Crippen LogP contribution in [0.1, 0.15) is 11.1 Å². The Labute approximate surface area is 127 Å². The van der Waals surface area contributed by atoms with Gasteiger partial charge in [-0.1, -0.05) is 59.7 Å². The summed E-state index contributed by atoms with van der Waals surface area (Å²) in [6.07, 6.45) is 0. The Hall–Kier alpha value is -0.120. The summed E-state index contributed by atoms with van der Waals surface area (Å²) in [6, 6.07) is 16.7. The molecule has 0 aromatic heterocycles. The van der Waals surface area contributed by atoms with E-state index in [0.29, 0.717) is 0 Å². The van der Waals surface area contributed by atoms with Gasteiger partial charge in [0.15, 0.2) is 0 Å². The van der Waals surface area contributed by atoms with Crippen molar-refractivity contribution in [2.45, 2.75) is 13.8 Å². The Balaban J connectivity index is 0. The van der Waals surface area contributed by atoms with Crippen LogP contribution in [0.4, 0.5) is 0 Å². The predicted molar refractivity (Wildman–Crippen MR) is 95.5 cm³/mol. The summed E-state index contributed by atoms with van der Waals surface area (Å²) in [5.41, 5.74) is 2.63. The van der Waals surface area contributed by atoms with Crippen molar-refractivity contribution in [3.8, 4) is 0 Å². The first-order valence-electron chi connectivity index (χ1n) is 5.22. The molecule has 0 bridgehead atoms. The van der Waals surface area contributed by atoms with E-state index in [4.69, 9.17) is 0 Å². The van der Waals surface area contributed by atoms with Gasteiger partial charge in [0.25, 0.3) is 0 Å². The summed E-state index contributed by atoms with van der Waals surface area (Å²) in [5, 5.41) is 2.49. The van der Waals surface area contributed by atoms with Gasteiger partial charge in [-0.25, -0.2) is 0 Å². The van der Waals surface area contributed by atoms with E-state index >= 15 is 0 Å². The molecule has 4 heteroatoms. The van der Waals surface area contributed by atoms with Crippen molar-refractivity contribution in [3.05, 3.63) is 59.7 Å². The second-order valence-electron chi connectivity index (χ2n) is 3.82. The summed E-state index contributed by atoms with van der Waals surface area (Å²) < 4.78 is 0. The molecule has 0 N–H and O–H groups in total. The minimum Gasteiger partial charge on any atom is -0.147 e. The molecule has 0 aliphatic heterocycles. The lowest BCUT2D eigenvalue weighted by molar-refractivity contribution is 1.49. The van der Waals surface area contributed by atoms with Gasteiger partial charge < -0.3 is 0 Å². The molecule has 0 aliphatic carbocycles. The van der Waals surface area contributed by atoms with Crippen molar-refractivity contribution in [1.29, 1.82) is 0 Å². The molecule has 18 heavy (non-hydrogen) atoms. The smallest absolute Gasteiger partial charge is 0.0302 e. The molecule has 2 rings (SSSR count). The third-order valence-electron chi connectivity index (χ3n) is 2.15. The van der Waals surface area contributed by atoms with Gasteiger partial charge in [0, 0.05) is 0 Å². The fourth-order valence-corrected chi connectivity index (χ4v) is 1.52. The fraction of sp³-hybridized carbons (Fsp3) is 0.143. The number of aryl methyl sites for hydroxylation is 2. The number of hydrogen-bond donors (Lipinski definition) is 0. The third kappa shape index (κ3) is 8.90. The molecule has 0 fully saturated rings. The molecule has 2 aromatic rings. The largest absolute Gasteiger partial charge is 0.147 e. The van der Waals surface area contributed by atoms with Crippen molar-refractivity contribution >= 4 is 53.9 Å². The van der Waals surface area contributed by atoms with E-state index in [0.717, 1.165) is 0 Å². The normalized spacial score (nSPS) is 8.22. The van der Waals surface area contributed by atoms with Gasteiger partial charge in [0.1, 0.15) is 0 Å². The minimum absolute atomic E-state index is 0. The second kappa shape index (κ2) is 10.8. The van der Waals surface area contributed by atoms with Crippen LogP contribution in [-0.4, -0.2) is 0 Å². The van der Waals surface area contributed by atoms with E-state index < -0.39 is 0 Å². The van der Waals surface area contributed by atoms with Crippen LogP contribution in [-0.2, 0) is 0 Å². The minimum atomic E-state index is 0. The Morgan fingerprint density at radius 2 is 0.778 bits per heavy atom. The van der Waals surface area contributed by atoms with E-state index in [9.17, 15) is 0 Å². The van der Waals surface area contributed by atoms with Gasteiger partial charge in [-0.05, 0) is 24.5 Å². The van der Waals surface area contributed by atoms with Gasteiger partial charge in [0.05, 0.1) is 0 Å². The van der Waals surface area contributed by atoms with E-state index in [1.807, 2.05) is 0 Å². The molecule has 0 spiro atoms. The molecule has 0 nitrogen and oxygen atoms in total. The first-order valence-corrected chi connectivity index (χ1v) is 6.37. The van der Waals surface area contributed by atoms with Crippen LogP contribution in [0.25, 0.3) is 0 Å². The zero-order valence-corrected chi connectivity index (χ0v) is 14.5. The maximum absolute atomic E-state index is 2.65. The summed E-state index contributed by atoms with van der Waals surface area (Å²) in [6.45, 7) is 4.17. The van der Waals surface area contributed by atoms with Crippen molar-refractivity contribution in [1.82, 2.24) is 0 Å². The fourth-order valence-electron chi connectivity index (χ4n) is 1.13. The van der Waals surface area contributed by atoms with Gasteiger partial charge >= 0.3 is 0 Å². The van der Waals surface area contributed by atoms with Crippen LogP contribution in [0.5, 0.6) is 0 Å². The van der Waals surface area contributed by atoms with E-state index in [1.165, 1.54) is 21.7 Å². The SMILES string of the molecule is Cc1ccc(P)cc1.Cc1ccc(P)cc1.Cl.Cl. The average Bonchev–Trinajstić information content (AvgIpc) is 2.28. The molecule has 0 saturated carbocycles. The maximum Gasteiger partial charge on any atom is -0.0302 e. The topological polar surface area (TPSA) is 0 Å². The lowest BCUT2D eigenvalue weighted by Gasteiger charge is -1.89. The molecule has 0 radical (unpaired) electrons. The first kappa shape index (κ1) is 20.2. The van der Waals surface area contributed by atoms with Crippen molar-refractivity contribution < 1.29 is 0 Å². The highest BCUT2D eigenvalue weighted by molar-refractivity contribution is 7.27. The Kier molecular flexibility index (Phi) is 12.1. The van der Waals surface area contributed by atoms with E-state index in [1.54, 1.807) is 0 Å². The van der Waals surface area contributed by atoms with Gasteiger partial charge in [-0.3, -0.25) is 0 Å². The third-order valence-corrected chi connectivity index (χ3v) is 2.92. The van der Waals surface area contributed by atoms with Crippen LogP contribution in [0, 0.1) is 13.8 Å². The number of rotatable bonds is 0. The monoisotopic (exact) mass is 320 g/mol. The van der Waals surface area contributed by atoms with Crippen LogP contribution in [0.3, 0.4) is 0 Å². The number of benzene rings is 2. The van der Waals surface area contributed by atoms with Gasteiger partial charge in [-0.15, -0.1) is 43.3 Å². The highest BCUT2D eigenvalue weighted by Gasteiger charge is 1.80. The maximum atomic E-state index is 2.65. The molecular weight excluding hydrogens is 301 g/mol. The van der Waals surface area contributed by atoms with Crippen LogP contribution in [0.15, 0.2) is 48.5 Å². The van der Waals surface area contributed by atoms with Crippen molar-refractivity contribution in [3.63, 3.8) is 0 Å². The zero-order chi connectivity index (χ0) is 12.0. The quantitative estimate of drug-likeness (QED) is 0.647. The van der Waals surface area contributed by atoms with E-state index in [-0.39, 0.29) is 24.8 Å². The molecular formula is C14H20Cl2P2. The molecule has 0 heterocycles. The molecule has 100 valence electrons. The highest BCUT2D eigenvalue weighted by Crippen LogP contribution is 1.95. The van der Waals surface area contributed by atoms with Crippen LogP contribution >= 0.6 is 43.3 Å². The van der Waals surface area contributed by atoms with Gasteiger partial charge in [-0.2, -0.15) is 0 Å². The Morgan fingerprint density at radius 1 is 0.556 bits per heavy atom. The molecule has 2 atom stereocenters. The standard InChI is InChI=1S/2C7H9P.2ClH/c2*1-6-2-4-7(8)5-3-6;;/h2*2-5H,8H2,1H3;2*1H. The van der Waals surface area contributed by atoms with E-state index in [2.05, 4.69) is 80.9 Å². The second-order valence-corrected chi connectivity index (χ2v) is 5.15. The highest BCUT2D eigenvalue weighted by atomic mass is 35.5. The predicted octanol–water partition coefficient (Wildman–Crippen LogP) is 3.83. The lowest BCUT2D eigenvalue weighted by Crippen LogP contribution is -1.85. The summed E-state index contributed by atoms with van der Waals surface area (Å²) in [5.74, 6) is 0. The molecule has 2 aromatic carbocycles. The summed E-state index contributed by atoms with van der Waals surface area (Å²) in [7, 11) is 5.30. The average molecular weight is 321 g/mol. The van der Waals surface area contributed by atoms with Crippen molar-refractivity contribution in [2.75, 3.05) is 0 Å². The summed E-state index contributed by atoms with van der Waals surface area (Å²) >= 11 is 0.